The maximum Gasteiger partial charge on any atom is 0.257 e. The van der Waals surface area contributed by atoms with Gasteiger partial charge in [-0.15, -0.1) is 0 Å². The van der Waals surface area contributed by atoms with E-state index in [1.807, 2.05) is 0 Å². The van der Waals surface area contributed by atoms with E-state index in [2.05, 4.69) is 10.5 Å². The van der Waals surface area contributed by atoms with Gasteiger partial charge < -0.3 is 25.0 Å². The van der Waals surface area contributed by atoms with E-state index >= 15 is 0 Å². The van der Waals surface area contributed by atoms with Crippen LogP contribution in [0.1, 0.15) is 38.6 Å². The van der Waals surface area contributed by atoms with E-state index in [4.69, 9.17) is 19.7 Å². The van der Waals surface area contributed by atoms with Crippen LogP contribution in [0.15, 0.2) is 28.8 Å². The lowest BCUT2D eigenvalue weighted by Crippen LogP contribution is -2.52. The minimum Gasteiger partial charge on any atom is -0.488 e. The van der Waals surface area contributed by atoms with Crippen molar-refractivity contribution < 1.29 is 23.6 Å². The van der Waals surface area contributed by atoms with Gasteiger partial charge in [0.2, 0.25) is 5.91 Å². The molecule has 1 fully saturated rings. The number of nitrogens with zero attached hydrogens (tertiary/aromatic N) is 1. The summed E-state index contributed by atoms with van der Waals surface area (Å²) >= 11 is 0. The highest BCUT2D eigenvalue weighted by atomic mass is 16.5. The molecule has 3 rings (SSSR count). The molecule has 0 aliphatic carbocycles. The molecule has 0 unspecified atom stereocenters. The SMILES string of the molecule is Cc1noc(C)c1C(=O)N[C@@H]1COCC[C@H]1Oc1ccc(C(N)=O)cc1. The van der Waals surface area contributed by atoms with Gasteiger partial charge in [-0.25, -0.2) is 0 Å². The molecule has 1 aromatic carbocycles. The average molecular weight is 359 g/mol. The normalized spacial score (nSPS) is 19.8. The van der Waals surface area contributed by atoms with E-state index in [-0.39, 0.29) is 18.1 Å². The number of primary amides is 1. The minimum atomic E-state index is -0.493. The molecule has 1 aromatic heterocycles. The topological polar surface area (TPSA) is 117 Å². The number of amides is 2. The monoisotopic (exact) mass is 359 g/mol. The fraction of sp³-hybridized carbons (Fsp3) is 0.389. The number of benzene rings is 1. The van der Waals surface area contributed by atoms with Crippen LogP contribution in [0.4, 0.5) is 0 Å². The van der Waals surface area contributed by atoms with E-state index in [0.29, 0.717) is 48.0 Å². The number of rotatable bonds is 5. The third-order valence-corrected chi connectivity index (χ3v) is 4.30. The number of carbonyl (C=O) groups is 2. The van der Waals surface area contributed by atoms with Crippen LogP contribution in [0.2, 0.25) is 0 Å². The Morgan fingerprint density at radius 2 is 2.00 bits per heavy atom. The van der Waals surface area contributed by atoms with E-state index < -0.39 is 5.91 Å². The van der Waals surface area contributed by atoms with Gasteiger partial charge in [0.15, 0.2) is 0 Å². The van der Waals surface area contributed by atoms with E-state index in [0.717, 1.165) is 0 Å². The maximum absolute atomic E-state index is 12.6. The van der Waals surface area contributed by atoms with Crippen LogP contribution in [0, 0.1) is 13.8 Å². The Morgan fingerprint density at radius 3 is 2.62 bits per heavy atom. The van der Waals surface area contributed by atoms with E-state index in [1.165, 1.54) is 0 Å². The Labute approximate surface area is 150 Å². The van der Waals surface area contributed by atoms with Crippen molar-refractivity contribution in [3.8, 4) is 5.75 Å². The van der Waals surface area contributed by atoms with E-state index in [9.17, 15) is 9.59 Å². The summed E-state index contributed by atoms with van der Waals surface area (Å²) in [7, 11) is 0. The predicted octanol–water partition coefficient (Wildman–Crippen LogP) is 1.36. The zero-order valence-corrected chi connectivity index (χ0v) is 14.7. The van der Waals surface area contributed by atoms with Crippen molar-refractivity contribution in [2.24, 2.45) is 5.73 Å². The minimum absolute atomic E-state index is 0.257. The van der Waals surface area contributed by atoms with Crippen molar-refractivity contribution in [3.05, 3.63) is 46.8 Å². The first kappa shape index (κ1) is 17.9. The number of nitrogens with one attached hydrogen (secondary N) is 1. The van der Waals surface area contributed by atoms with Gasteiger partial charge in [0.25, 0.3) is 5.91 Å². The second-order valence-electron chi connectivity index (χ2n) is 6.19. The third kappa shape index (κ3) is 3.85. The summed E-state index contributed by atoms with van der Waals surface area (Å²) in [6.07, 6.45) is 0.372. The molecule has 2 heterocycles. The molecule has 138 valence electrons. The number of aromatic nitrogens is 1. The van der Waals surface area contributed by atoms with Gasteiger partial charge in [-0.3, -0.25) is 9.59 Å². The van der Waals surface area contributed by atoms with Crippen LogP contribution < -0.4 is 15.8 Å². The Morgan fingerprint density at radius 1 is 1.27 bits per heavy atom. The van der Waals surface area contributed by atoms with Crippen molar-refractivity contribution in [2.75, 3.05) is 13.2 Å². The molecule has 1 aliphatic heterocycles. The van der Waals surface area contributed by atoms with Gasteiger partial charge in [-0.1, -0.05) is 5.16 Å². The summed E-state index contributed by atoms with van der Waals surface area (Å²) < 4.78 is 16.5. The molecule has 3 N–H and O–H groups in total. The molecule has 8 nitrogen and oxygen atoms in total. The molecule has 26 heavy (non-hydrogen) atoms. The number of hydrogen-bond acceptors (Lipinski definition) is 6. The first-order valence-corrected chi connectivity index (χ1v) is 8.33. The van der Waals surface area contributed by atoms with Gasteiger partial charge in [-0.05, 0) is 38.1 Å². The standard InChI is InChI=1S/C18H21N3O5/c1-10-16(11(2)26-21-10)18(23)20-14-9-24-8-7-15(14)25-13-5-3-12(4-6-13)17(19)22/h3-6,14-15H,7-9H2,1-2H3,(H2,19,22)(H,20,23)/t14-,15-/m1/s1. The predicted molar refractivity (Wildman–Crippen MR) is 92.0 cm³/mol. The zero-order valence-electron chi connectivity index (χ0n) is 14.7. The summed E-state index contributed by atoms with van der Waals surface area (Å²) in [5.74, 6) is 0.302. The number of ether oxygens (including phenoxy) is 2. The number of aryl methyl sites for hydroxylation is 2. The molecule has 0 saturated carbocycles. The molecular formula is C18H21N3O5. The number of carbonyl (C=O) groups excluding carboxylic acids is 2. The van der Waals surface area contributed by atoms with Crippen molar-refractivity contribution in [1.29, 1.82) is 0 Å². The van der Waals surface area contributed by atoms with Crippen LogP contribution >= 0.6 is 0 Å². The van der Waals surface area contributed by atoms with Crippen molar-refractivity contribution >= 4 is 11.8 Å². The molecule has 1 aliphatic rings. The second-order valence-corrected chi connectivity index (χ2v) is 6.19. The molecule has 2 atom stereocenters. The molecule has 0 bridgehead atoms. The molecular weight excluding hydrogens is 338 g/mol. The van der Waals surface area contributed by atoms with Gasteiger partial charge in [0, 0.05) is 12.0 Å². The van der Waals surface area contributed by atoms with Crippen molar-refractivity contribution in [3.63, 3.8) is 0 Å². The van der Waals surface area contributed by atoms with Crippen LogP contribution in [0.3, 0.4) is 0 Å². The lowest BCUT2D eigenvalue weighted by molar-refractivity contribution is -0.00291. The molecule has 2 amide bonds. The lowest BCUT2D eigenvalue weighted by atomic mass is 10.1. The number of nitrogens with two attached hydrogens (primary N) is 1. The van der Waals surface area contributed by atoms with Crippen LogP contribution in [-0.2, 0) is 4.74 Å². The van der Waals surface area contributed by atoms with Gasteiger partial charge in [-0.2, -0.15) is 0 Å². The highest BCUT2D eigenvalue weighted by Crippen LogP contribution is 2.20. The summed E-state index contributed by atoms with van der Waals surface area (Å²) in [4.78, 5) is 23.7. The first-order chi connectivity index (χ1) is 12.5. The quantitative estimate of drug-likeness (QED) is 0.832. The average Bonchev–Trinajstić information content (AvgIpc) is 2.95. The Balaban J connectivity index is 1.69. The van der Waals surface area contributed by atoms with Gasteiger partial charge >= 0.3 is 0 Å². The van der Waals surface area contributed by atoms with Gasteiger partial charge in [0.1, 0.15) is 23.2 Å². The van der Waals surface area contributed by atoms with Crippen LogP contribution in [0.5, 0.6) is 5.75 Å². The molecule has 0 radical (unpaired) electrons. The largest absolute Gasteiger partial charge is 0.488 e. The van der Waals surface area contributed by atoms with Crippen LogP contribution in [-0.4, -0.2) is 42.3 Å². The van der Waals surface area contributed by atoms with Crippen LogP contribution in [0.25, 0.3) is 0 Å². The fourth-order valence-corrected chi connectivity index (χ4v) is 2.91. The molecule has 0 spiro atoms. The van der Waals surface area contributed by atoms with Crippen molar-refractivity contribution in [1.82, 2.24) is 10.5 Å². The molecule has 2 aromatic rings. The summed E-state index contributed by atoms with van der Waals surface area (Å²) in [5.41, 5.74) is 6.62. The highest BCUT2D eigenvalue weighted by Gasteiger charge is 2.30. The van der Waals surface area contributed by atoms with E-state index in [1.54, 1.807) is 38.1 Å². The molecule has 1 saturated heterocycles. The second kappa shape index (κ2) is 7.57. The lowest BCUT2D eigenvalue weighted by Gasteiger charge is -2.32. The summed E-state index contributed by atoms with van der Waals surface area (Å²) in [6, 6.07) is 6.26. The Hall–Kier alpha value is -2.87. The highest BCUT2D eigenvalue weighted by molar-refractivity contribution is 5.96. The summed E-state index contributed by atoms with van der Waals surface area (Å²) in [6.45, 7) is 4.30. The third-order valence-electron chi connectivity index (χ3n) is 4.30. The first-order valence-electron chi connectivity index (χ1n) is 8.33. The molecule has 8 heteroatoms. The zero-order chi connectivity index (χ0) is 18.7. The Bertz CT molecular complexity index is 780. The maximum atomic E-state index is 12.6. The van der Waals surface area contributed by atoms with Gasteiger partial charge in [0.05, 0.1) is 24.9 Å². The van der Waals surface area contributed by atoms with Crippen molar-refractivity contribution in [2.45, 2.75) is 32.4 Å². The number of hydrogen-bond donors (Lipinski definition) is 2. The summed E-state index contributed by atoms with van der Waals surface area (Å²) in [5, 5.41) is 6.74. The smallest absolute Gasteiger partial charge is 0.257 e. The fourth-order valence-electron chi connectivity index (χ4n) is 2.91. The Kier molecular flexibility index (Phi) is 5.22.